The minimum Gasteiger partial charge on any atom is -0.372 e. The molecule has 1 aromatic rings. The van der Waals surface area contributed by atoms with E-state index in [1.807, 2.05) is 4.90 Å². The van der Waals surface area contributed by atoms with Crippen molar-refractivity contribution < 1.29 is 18.3 Å². The number of likely N-dealkylation sites (tertiary alicyclic amines) is 1. The normalized spacial score (nSPS) is 26.6. The number of ketones is 1. The highest BCUT2D eigenvalue weighted by molar-refractivity contribution is 5.98. The van der Waals surface area contributed by atoms with E-state index in [0.29, 0.717) is 13.1 Å². The molecule has 2 heterocycles. The first-order valence-corrected chi connectivity index (χ1v) is 6.48. The zero-order valence-electron chi connectivity index (χ0n) is 10.4. The average molecular weight is 267 g/mol. The summed E-state index contributed by atoms with van der Waals surface area (Å²) in [6, 6.07) is 3.48. The molecule has 0 N–H and O–H groups in total. The number of halogens is 2. The van der Waals surface area contributed by atoms with E-state index in [-0.39, 0.29) is 18.8 Å². The monoisotopic (exact) mass is 267 g/mol. The SMILES string of the molecule is O=C(CN1CC2CCC(C1)O2)c1c(F)cccc1F. The lowest BCUT2D eigenvalue weighted by Crippen LogP contribution is -2.45. The number of carbonyl (C=O) groups is 1. The van der Waals surface area contributed by atoms with E-state index in [9.17, 15) is 13.6 Å². The van der Waals surface area contributed by atoms with Crippen molar-refractivity contribution in [1.82, 2.24) is 4.90 Å². The molecule has 0 amide bonds. The van der Waals surface area contributed by atoms with Crippen LogP contribution in [0.15, 0.2) is 18.2 Å². The van der Waals surface area contributed by atoms with E-state index in [2.05, 4.69) is 0 Å². The Morgan fingerprint density at radius 3 is 2.37 bits per heavy atom. The summed E-state index contributed by atoms with van der Waals surface area (Å²) in [5.41, 5.74) is -0.429. The Balaban J connectivity index is 1.71. The third kappa shape index (κ3) is 2.53. The first kappa shape index (κ1) is 12.7. The molecule has 3 nitrogen and oxygen atoms in total. The van der Waals surface area contributed by atoms with Crippen molar-refractivity contribution in [1.29, 1.82) is 0 Å². The van der Waals surface area contributed by atoms with E-state index < -0.39 is 23.0 Å². The van der Waals surface area contributed by atoms with Gasteiger partial charge >= 0.3 is 0 Å². The summed E-state index contributed by atoms with van der Waals surface area (Å²) < 4.78 is 32.7. The number of hydrogen-bond donors (Lipinski definition) is 0. The Hall–Kier alpha value is -1.33. The number of ether oxygens (including phenoxy) is 1. The van der Waals surface area contributed by atoms with Gasteiger partial charge in [0.25, 0.3) is 0 Å². The Bertz CT molecular complexity index is 474. The van der Waals surface area contributed by atoms with Crippen LogP contribution in [0, 0.1) is 11.6 Å². The summed E-state index contributed by atoms with van der Waals surface area (Å²) in [6.07, 6.45) is 2.33. The van der Waals surface area contributed by atoms with Crippen LogP contribution in [-0.4, -0.2) is 42.5 Å². The van der Waals surface area contributed by atoms with Crippen molar-refractivity contribution in [2.75, 3.05) is 19.6 Å². The molecule has 0 saturated carbocycles. The second kappa shape index (κ2) is 4.98. The van der Waals surface area contributed by atoms with Crippen molar-refractivity contribution in [2.24, 2.45) is 0 Å². The molecule has 2 aliphatic heterocycles. The highest BCUT2D eigenvalue weighted by Gasteiger charge is 2.34. The predicted molar refractivity (Wildman–Crippen MR) is 65.0 cm³/mol. The smallest absolute Gasteiger partial charge is 0.182 e. The Morgan fingerprint density at radius 2 is 1.79 bits per heavy atom. The van der Waals surface area contributed by atoms with Crippen LogP contribution in [0.4, 0.5) is 8.78 Å². The van der Waals surface area contributed by atoms with Crippen LogP contribution < -0.4 is 0 Å². The summed E-state index contributed by atoms with van der Waals surface area (Å²) in [5.74, 6) is -2.08. The largest absolute Gasteiger partial charge is 0.372 e. The maximum atomic E-state index is 13.5. The van der Waals surface area contributed by atoms with Gasteiger partial charge in [-0.3, -0.25) is 9.69 Å². The topological polar surface area (TPSA) is 29.5 Å². The van der Waals surface area contributed by atoms with Gasteiger partial charge < -0.3 is 4.74 Å². The molecule has 0 radical (unpaired) electrons. The van der Waals surface area contributed by atoms with Crippen LogP contribution in [0.2, 0.25) is 0 Å². The molecule has 0 aromatic heterocycles. The van der Waals surface area contributed by atoms with E-state index in [1.165, 1.54) is 6.07 Å². The second-order valence-corrected chi connectivity index (χ2v) is 5.17. The van der Waals surface area contributed by atoms with Crippen molar-refractivity contribution >= 4 is 5.78 Å². The fourth-order valence-corrected chi connectivity index (χ4v) is 2.87. The van der Waals surface area contributed by atoms with Gasteiger partial charge in [-0.05, 0) is 25.0 Å². The van der Waals surface area contributed by atoms with E-state index in [4.69, 9.17) is 4.74 Å². The molecule has 2 fully saturated rings. The number of hydrogen-bond acceptors (Lipinski definition) is 3. The number of rotatable bonds is 3. The standard InChI is InChI=1S/C14H15F2NO2/c15-11-2-1-3-12(16)14(11)13(18)8-17-6-9-4-5-10(7-17)19-9/h1-3,9-10H,4-8H2. The lowest BCUT2D eigenvalue weighted by Gasteiger charge is -2.31. The molecular weight excluding hydrogens is 252 g/mol. The first-order chi connectivity index (χ1) is 9.13. The minimum atomic E-state index is -0.791. The maximum absolute atomic E-state index is 13.5. The molecule has 0 aliphatic carbocycles. The van der Waals surface area contributed by atoms with Crippen molar-refractivity contribution in [3.63, 3.8) is 0 Å². The summed E-state index contributed by atoms with van der Waals surface area (Å²) in [5, 5.41) is 0. The van der Waals surface area contributed by atoms with Gasteiger partial charge in [0, 0.05) is 13.1 Å². The fraction of sp³-hybridized carbons (Fsp3) is 0.500. The maximum Gasteiger partial charge on any atom is 0.182 e. The molecule has 102 valence electrons. The van der Waals surface area contributed by atoms with Gasteiger partial charge in [0.2, 0.25) is 0 Å². The highest BCUT2D eigenvalue weighted by Crippen LogP contribution is 2.26. The van der Waals surface area contributed by atoms with E-state index >= 15 is 0 Å². The molecular formula is C14H15F2NO2. The van der Waals surface area contributed by atoms with Crippen molar-refractivity contribution in [2.45, 2.75) is 25.0 Å². The first-order valence-electron chi connectivity index (χ1n) is 6.48. The molecule has 2 aliphatic rings. The van der Waals surface area contributed by atoms with E-state index in [1.54, 1.807) is 0 Å². The Kier molecular flexibility index (Phi) is 3.33. The van der Waals surface area contributed by atoms with Crippen LogP contribution in [0.25, 0.3) is 0 Å². The minimum absolute atomic E-state index is 0.0498. The third-order valence-corrected chi connectivity index (χ3v) is 3.73. The van der Waals surface area contributed by atoms with Gasteiger partial charge in [0.05, 0.1) is 24.3 Å². The summed E-state index contributed by atoms with van der Waals surface area (Å²) in [6.45, 7) is 1.38. The fourth-order valence-electron chi connectivity index (χ4n) is 2.87. The Morgan fingerprint density at radius 1 is 1.21 bits per heavy atom. The van der Waals surface area contributed by atoms with Crippen LogP contribution in [0.1, 0.15) is 23.2 Å². The summed E-state index contributed by atoms with van der Waals surface area (Å²) in [7, 11) is 0. The molecule has 1 aromatic carbocycles. The van der Waals surface area contributed by atoms with Gasteiger partial charge in [-0.2, -0.15) is 0 Å². The quantitative estimate of drug-likeness (QED) is 0.785. The predicted octanol–water partition coefficient (Wildman–Crippen LogP) is 2.01. The Labute approximate surface area is 110 Å². The number of morpholine rings is 1. The van der Waals surface area contributed by atoms with Crippen LogP contribution in [0.5, 0.6) is 0 Å². The van der Waals surface area contributed by atoms with Crippen LogP contribution in [-0.2, 0) is 4.74 Å². The molecule has 2 atom stereocenters. The number of nitrogens with zero attached hydrogens (tertiary/aromatic N) is 1. The summed E-state index contributed by atoms with van der Waals surface area (Å²) in [4.78, 5) is 14.0. The van der Waals surface area contributed by atoms with E-state index in [0.717, 1.165) is 25.0 Å². The number of benzene rings is 1. The van der Waals surface area contributed by atoms with Gasteiger partial charge in [0.1, 0.15) is 11.6 Å². The number of fused-ring (bicyclic) bond motifs is 2. The lowest BCUT2D eigenvalue weighted by molar-refractivity contribution is -0.0356. The molecule has 2 bridgehead atoms. The molecule has 3 rings (SSSR count). The van der Waals surface area contributed by atoms with Gasteiger partial charge in [-0.15, -0.1) is 0 Å². The van der Waals surface area contributed by atoms with Crippen LogP contribution >= 0.6 is 0 Å². The van der Waals surface area contributed by atoms with Gasteiger partial charge in [0.15, 0.2) is 5.78 Å². The zero-order valence-corrected chi connectivity index (χ0v) is 10.4. The van der Waals surface area contributed by atoms with Gasteiger partial charge in [-0.1, -0.05) is 6.07 Å². The second-order valence-electron chi connectivity index (χ2n) is 5.17. The molecule has 2 unspecified atom stereocenters. The average Bonchev–Trinajstić information content (AvgIpc) is 2.68. The highest BCUT2D eigenvalue weighted by atomic mass is 19.1. The molecule has 2 saturated heterocycles. The number of carbonyl (C=O) groups excluding carboxylic acids is 1. The van der Waals surface area contributed by atoms with Gasteiger partial charge in [-0.25, -0.2) is 8.78 Å². The number of Topliss-reactive ketones (excluding diaryl/α,β-unsaturated/α-hetero) is 1. The lowest BCUT2D eigenvalue weighted by atomic mass is 10.1. The van der Waals surface area contributed by atoms with Crippen molar-refractivity contribution in [3.8, 4) is 0 Å². The molecule has 5 heteroatoms. The molecule has 0 spiro atoms. The zero-order chi connectivity index (χ0) is 13.4. The molecule has 19 heavy (non-hydrogen) atoms. The third-order valence-electron chi connectivity index (χ3n) is 3.73. The van der Waals surface area contributed by atoms with Crippen LogP contribution in [0.3, 0.4) is 0 Å². The summed E-state index contributed by atoms with van der Waals surface area (Å²) >= 11 is 0. The van der Waals surface area contributed by atoms with Crippen molar-refractivity contribution in [3.05, 3.63) is 35.4 Å².